The number of aryl methyl sites for hydroxylation is 4. The standard InChI is InChI=1S/C8H12N2.CH4O3S/c1-5-6(2)10-8(4)7(3)9-5;1-5(2,3)4/h1-4H3;1H3,(H,2,3,4). The van der Waals surface area contributed by atoms with Crippen LogP contribution in [-0.2, 0) is 10.1 Å². The molecule has 0 aliphatic rings. The molecule has 86 valence electrons. The van der Waals surface area contributed by atoms with Gasteiger partial charge in [-0.3, -0.25) is 14.5 Å². The number of rotatable bonds is 0. The van der Waals surface area contributed by atoms with Crippen LogP contribution >= 0.6 is 0 Å². The summed E-state index contributed by atoms with van der Waals surface area (Å²) in [5.74, 6) is 0. The lowest BCUT2D eigenvalue weighted by Crippen LogP contribution is -1.97. The van der Waals surface area contributed by atoms with Gasteiger partial charge in [-0.05, 0) is 27.7 Å². The molecular formula is C9H16N2O3S. The Balaban J connectivity index is 0.000000336. The lowest BCUT2D eigenvalue weighted by atomic mass is 10.3. The van der Waals surface area contributed by atoms with Gasteiger partial charge in [0.05, 0.1) is 29.0 Å². The summed E-state index contributed by atoms with van der Waals surface area (Å²) < 4.78 is 25.9. The van der Waals surface area contributed by atoms with Crippen molar-refractivity contribution in [3.05, 3.63) is 22.8 Å². The molecule has 0 unspecified atom stereocenters. The van der Waals surface area contributed by atoms with E-state index in [0.717, 1.165) is 22.8 Å². The fraction of sp³-hybridized carbons (Fsp3) is 0.556. The van der Waals surface area contributed by atoms with Crippen LogP contribution in [0, 0.1) is 27.7 Å². The summed E-state index contributed by atoms with van der Waals surface area (Å²) in [5, 5.41) is 0. The van der Waals surface area contributed by atoms with Crippen molar-refractivity contribution in [2.75, 3.05) is 6.26 Å². The van der Waals surface area contributed by atoms with E-state index in [0.29, 0.717) is 6.26 Å². The molecule has 0 bridgehead atoms. The van der Waals surface area contributed by atoms with Gasteiger partial charge in [-0.15, -0.1) is 0 Å². The highest BCUT2D eigenvalue weighted by molar-refractivity contribution is 7.85. The normalized spacial score (nSPS) is 10.5. The molecule has 5 nitrogen and oxygen atoms in total. The van der Waals surface area contributed by atoms with Crippen LogP contribution in [0.25, 0.3) is 0 Å². The molecule has 0 radical (unpaired) electrons. The average molecular weight is 232 g/mol. The number of hydrogen-bond donors (Lipinski definition) is 1. The minimum atomic E-state index is -3.67. The minimum Gasteiger partial charge on any atom is -0.286 e. The van der Waals surface area contributed by atoms with Gasteiger partial charge in [0.1, 0.15) is 0 Å². The van der Waals surface area contributed by atoms with Crippen molar-refractivity contribution in [1.82, 2.24) is 9.97 Å². The van der Waals surface area contributed by atoms with Gasteiger partial charge in [-0.2, -0.15) is 8.42 Å². The van der Waals surface area contributed by atoms with E-state index >= 15 is 0 Å². The predicted molar refractivity (Wildman–Crippen MR) is 58.5 cm³/mol. The fourth-order valence-corrected chi connectivity index (χ4v) is 0.827. The second-order valence-corrected chi connectivity index (χ2v) is 4.76. The lowest BCUT2D eigenvalue weighted by Gasteiger charge is -2.01. The summed E-state index contributed by atoms with van der Waals surface area (Å²) in [7, 11) is -3.67. The zero-order valence-corrected chi connectivity index (χ0v) is 10.4. The molecule has 0 fully saturated rings. The van der Waals surface area contributed by atoms with Crippen molar-refractivity contribution in [2.24, 2.45) is 0 Å². The van der Waals surface area contributed by atoms with E-state index in [1.54, 1.807) is 0 Å². The van der Waals surface area contributed by atoms with Crippen LogP contribution in [0.15, 0.2) is 0 Å². The topological polar surface area (TPSA) is 80.2 Å². The van der Waals surface area contributed by atoms with Gasteiger partial charge in [-0.1, -0.05) is 0 Å². The van der Waals surface area contributed by atoms with Crippen molar-refractivity contribution in [1.29, 1.82) is 0 Å². The van der Waals surface area contributed by atoms with Gasteiger partial charge >= 0.3 is 0 Å². The number of nitrogens with zero attached hydrogens (tertiary/aromatic N) is 2. The molecule has 1 heterocycles. The van der Waals surface area contributed by atoms with Crippen molar-refractivity contribution >= 4 is 10.1 Å². The summed E-state index contributed by atoms with van der Waals surface area (Å²) in [6, 6.07) is 0. The molecule has 0 atom stereocenters. The molecule has 0 amide bonds. The molecule has 6 heteroatoms. The first kappa shape index (κ1) is 14.0. The molecule has 0 saturated carbocycles. The zero-order valence-electron chi connectivity index (χ0n) is 9.57. The Labute approximate surface area is 90.3 Å². The summed E-state index contributed by atoms with van der Waals surface area (Å²) in [4.78, 5) is 8.62. The van der Waals surface area contributed by atoms with E-state index in [4.69, 9.17) is 4.55 Å². The van der Waals surface area contributed by atoms with Crippen LogP contribution in [0.4, 0.5) is 0 Å². The quantitative estimate of drug-likeness (QED) is 0.680. The molecule has 15 heavy (non-hydrogen) atoms. The van der Waals surface area contributed by atoms with Crippen LogP contribution in [0.1, 0.15) is 22.8 Å². The highest BCUT2D eigenvalue weighted by Gasteiger charge is 1.98. The number of aromatic nitrogens is 2. The Bertz CT molecular complexity index is 383. The predicted octanol–water partition coefficient (Wildman–Crippen LogP) is 1.21. The van der Waals surface area contributed by atoms with Crippen molar-refractivity contribution in [2.45, 2.75) is 27.7 Å². The first-order valence-electron chi connectivity index (χ1n) is 4.32. The smallest absolute Gasteiger partial charge is 0.261 e. The third-order valence-electron chi connectivity index (χ3n) is 1.72. The van der Waals surface area contributed by atoms with Gasteiger partial charge < -0.3 is 0 Å². The van der Waals surface area contributed by atoms with E-state index < -0.39 is 10.1 Å². The van der Waals surface area contributed by atoms with Crippen LogP contribution in [0.2, 0.25) is 0 Å². The van der Waals surface area contributed by atoms with Crippen molar-refractivity contribution in [3.8, 4) is 0 Å². The summed E-state index contributed by atoms with van der Waals surface area (Å²) in [6.45, 7) is 7.92. The molecule has 1 aromatic rings. The van der Waals surface area contributed by atoms with Gasteiger partial charge in [-0.25, -0.2) is 0 Å². The molecule has 1 aromatic heterocycles. The van der Waals surface area contributed by atoms with E-state index in [1.807, 2.05) is 27.7 Å². The zero-order chi connectivity index (χ0) is 12.2. The molecular weight excluding hydrogens is 216 g/mol. The SMILES string of the molecule is CS(=O)(=O)O.Cc1nc(C)c(C)nc1C. The lowest BCUT2D eigenvalue weighted by molar-refractivity contribution is 0.490. The Kier molecular flexibility index (Phi) is 4.83. The van der Waals surface area contributed by atoms with E-state index in [1.165, 1.54) is 0 Å². The first-order valence-corrected chi connectivity index (χ1v) is 6.17. The van der Waals surface area contributed by atoms with Gasteiger partial charge in [0.2, 0.25) is 0 Å². The molecule has 0 aliphatic carbocycles. The van der Waals surface area contributed by atoms with Crippen LogP contribution in [-0.4, -0.2) is 29.2 Å². The molecule has 0 saturated heterocycles. The second-order valence-electron chi connectivity index (χ2n) is 3.30. The average Bonchev–Trinajstić information content (AvgIpc) is 1.98. The largest absolute Gasteiger partial charge is 0.286 e. The minimum absolute atomic E-state index is 0.715. The Morgan fingerprint density at radius 3 is 1.13 bits per heavy atom. The van der Waals surface area contributed by atoms with Crippen molar-refractivity contribution in [3.63, 3.8) is 0 Å². The van der Waals surface area contributed by atoms with Crippen LogP contribution in [0.5, 0.6) is 0 Å². The maximum absolute atomic E-state index is 9.19. The number of hydrogen-bond acceptors (Lipinski definition) is 4. The van der Waals surface area contributed by atoms with Gasteiger partial charge in [0.25, 0.3) is 10.1 Å². The van der Waals surface area contributed by atoms with Gasteiger partial charge in [0.15, 0.2) is 0 Å². The van der Waals surface area contributed by atoms with Gasteiger partial charge in [0, 0.05) is 0 Å². The maximum atomic E-state index is 9.19. The molecule has 0 aromatic carbocycles. The molecule has 1 N–H and O–H groups in total. The maximum Gasteiger partial charge on any atom is 0.261 e. The molecule has 0 spiro atoms. The monoisotopic (exact) mass is 232 g/mol. The molecule has 1 rings (SSSR count). The Morgan fingerprint density at radius 1 is 0.867 bits per heavy atom. The Hall–Kier alpha value is -1.01. The first-order chi connectivity index (χ1) is 6.61. The summed E-state index contributed by atoms with van der Waals surface area (Å²) in [5.41, 5.74) is 4.12. The summed E-state index contributed by atoms with van der Waals surface area (Å²) in [6.07, 6.45) is 0.715. The fourth-order valence-electron chi connectivity index (χ4n) is 0.827. The second kappa shape index (κ2) is 5.18. The molecule has 0 aliphatic heterocycles. The highest BCUT2D eigenvalue weighted by atomic mass is 32.2. The van der Waals surface area contributed by atoms with Crippen molar-refractivity contribution < 1.29 is 13.0 Å². The highest BCUT2D eigenvalue weighted by Crippen LogP contribution is 2.04. The van der Waals surface area contributed by atoms with E-state index in [-0.39, 0.29) is 0 Å². The summed E-state index contributed by atoms with van der Waals surface area (Å²) >= 11 is 0. The van der Waals surface area contributed by atoms with Crippen LogP contribution in [0.3, 0.4) is 0 Å². The third-order valence-corrected chi connectivity index (χ3v) is 1.72. The third kappa shape index (κ3) is 6.98. The van der Waals surface area contributed by atoms with E-state index in [9.17, 15) is 8.42 Å². The van der Waals surface area contributed by atoms with E-state index in [2.05, 4.69) is 9.97 Å². The van der Waals surface area contributed by atoms with Crippen LogP contribution < -0.4 is 0 Å². The Morgan fingerprint density at radius 2 is 1.00 bits per heavy atom.